The van der Waals surface area contributed by atoms with E-state index in [1.165, 1.54) is 128 Å². The minimum atomic E-state index is -0.543. The van der Waals surface area contributed by atoms with Crippen molar-refractivity contribution in [3.8, 4) is 0 Å². The summed E-state index contributed by atoms with van der Waals surface area (Å²) in [5.74, 6) is 0. The monoisotopic (exact) mass is 411 g/mol. The van der Waals surface area contributed by atoms with Crippen LogP contribution in [-0.2, 0) is 0 Å². The van der Waals surface area contributed by atoms with Gasteiger partial charge in [0.15, 0.2) is 0 Å². The highest BCUT2D eigenvalue weighted by Crippen LogP contribution is 2.25. The third kappa shape index (κ3) is 17.3. The molecule has 0 aromatic rings. The molecule has 0 aliphatic heterocycles. The zero-order chi connectivity index (χ0) is 20.9. The van der Waals surface area contributed by atoms with Crippen LogP contribution in [0.3, 0.4) is 0 Å². The summed E-state index contributed by atoms with van der Waals surface area (Å²) in [5.41, 5.74) is -0.543. The first-order chi connectivity index (χ1) is 14.3. The van der Waals surface area contributed by atoms with Crippen LogP contribution in [0.25, 0.3) is 0 Å². The molecule has 0 bridgehead atoms. The molecular formula is C26H53NO2. The molecule has 0 radical (unpaired) electrons. The Morgan fingerprint density at radius 3 is 1.21 bits per heavy atom. The van der Waals surface area contributed by atoms with E-state index in [2.05, 4.69) is 5.32 Å². The molecule has 0 aromatic carbocycles. The van der Waals surface area contributed by atoms with Crippen LogP contribution >= 0.6 is 0 Å². The van der Waals surface area contributed by atoms with E-state index in [1.807, 2.05) is 0 Å². The Morgan fingerprint density at radius 2 is 0.828 bits per heavy atom. The summed E-state index contributed by atoms with van der Waals surface area (Å²) in [6.07, 6.45) is 29.9. The molecule has 3 heteroatoms. The van der Waals surface area contributed by atoms with Crippen molar-refractivity contribution >= 4 is 0 Å². The van der Waals surface area contributed by atoms with Crippen molar-refractivity contribution in [3.63, 3.8) is 0 Å². The second-order valence-corrected chi connectivity index (χ2v) is 9.61. The van der Waals surface area contributed by atoms with Gasteiger partial charge in [-0.05, 0) is 45.1 Å². The highest BCUT2D eigenvalue weighted by molar-refractivity contribution is 4.79. The number of unbranched alkanes of at least 4 members (excludes halogenated alkanes) is 17. The van der Waals surface area contributed by atoms with E-state index in [0.717, 1.165) is 25.8 Å². The fraction of sp³-hybridized carbons (Fsp3) is 1.00. The Morgan fingerprint density at radius 1 is 0.483 bits per heavy atom. The van der Waals surface area contributed by atoms with Crippen LogP contribution in [0.15, 0.2) is 0 Å². The summed E-state index contributed by atoms with van der Waals surface area (Å²) >= 11 is 0. The second kappa shape index (κ2) is 19.8. The maximum Gasteiger partial charge on any atom is 0.116 e. The Kier molecular flexibility index (Phi) is 18.4. The van der Waals surface area contributed by atoms with Crippen LogP contribution in [0.1, 0.15) is 148 Å². The van der Waals surface area contributed by atoms with E-state index in [4.69, 9.17) is 5.11 Å². The third-order valence-corrected chi connectivity index (χ3v) is 6.72. The number of aliphatic hydroxyl groups is 2. The first-order valence-electron chi connectivity index (χ1n) is 13.4. The number of hydrogen-bond donors (Lipinski definition) is 3. The summed E-state index contributed by atoms with van der Waals surface area (Å²) < 4.78 is 0. The molecule has 0 atom stereocenters. The van der Waals surface area contributed by atoms with E-state index in [-0.39, 0.29) is 0 Å². The van der Waals surface area contributed by atoms with Crippen molar-refractivity contribution in [2.75, 3.05) is 13.2 Å². The second-order valence-electron chi connectivity index (χ2n) is 9.61. The summed E-state index contributed by atoms with van der Waals surface area (Å²) in [6, 6.07) is 0. The van der Waals surface area contributed by atoms with Crippen LogP contribution in [0.4, 0.5) is 0 Å². The highest BCUT2D eigenvalue weighted by Gasteiger charge is 2.27. The topological polar surface area (TPSA) is 52.5 Å². The lowest BCUT2D eigenvalue weighted by atomic mass is 9.91. The van der Waals surface area contributed by atoms with Crippen molar-refractivity contribution in [2.45, 2.75) is 153 Å². The molecule has 1 fully saturated rings. The summed E-state index contributed by atoms with van der Waals surface area (Å²) in [5, 5.41) is 22.6. The predicted molar refractivity (Wildman–Crippen MR) is 126 cm³/mol. The van der Waals surface area contributed by atoms with Crippen LogP contribution in [0, 0.1) is 0 Å². The van der Waals surface area contributed by atoms with E-state index in [1.54, 1.807) is 0 Å². The number of hydrogen-bond acceptors (Lipinski definition) is 3. The van der Waals surface area contributed by atoms with E-state index < -0.39 is 5.72 Å². The van der Waals surface area contributed by atoms with Crippen LogP contribution in [0.5, 0.6) is 0 Å². The SMILES string of the molecule is OCCCCCCCCCCCCCCCCCCCCNC1(O)CCCCC1. The van der Waals surface area contributed by atoms with Gasteiger partial charge in [0.05, 0.1) is 0 Å². The zero-order valence-electron chi connectivity index (χ0n) is 19.6. The molecule has 3 N–H and O–H groups in total. The maximum absolute atomic E-state index is 10.4. The smallest absolute Gasteiger partial charge is 0.116 e. The van der Waals surface area contributed by atoms with Crippen molar-refractivity contribution in [3.05, 3.63) is 0 Å². The molecule has 174 valence electrons. The Hall–Kier alpha value is -0.120. The lowest BCUT2D eigenvalue weighted by molar-refractivity contribution is -0.0278. The first kappa shape index (κ1) is 26.9. The fourth-order valence-corrected chi connectivity index (χ4v) is 4.70. The van der Waals surface area contributed by atoms with Gasteiger partial charge in [0.2, 0.25) is 0 Å². The lowest BCUT2D eigenvalue weighted by Crippen LogP contribution is -2.46. The van der Waals surface area contributed by atoms with E-state index in [0.29, 0.717) is 6.61 Å². The molecule has 1 aliphatic carbocycles. The lowest BCUT2D eigenvalue weighted by Gasteiger charge is -2.33. The summed E-state index contributed by atoms with van der Waals surface area (Å²) in [7, 11) is 0. The number of nitrogens with one attached hydrogen (secondary N) is 1. The molecule has 0 saturated heterocycles. The van der Waals surface area contributed by atoms with E-state index >= 15 is 0 Å². The van der Waals surface area contributed by atoms with Crippen molar-refractivity contribution in [1.29, 1.82) is 0 Å². The zero-order valence-corrected chi connectivity index (χ0v) is 19.6. The van der Waals surface area contributed by atoms with Gasteiger partial charge in [0.25, 0.3) is 0 Å². The Bertz CT molecular complexity index is 329. The van der Waals surface area contributed by atoms with Gasteiger partial charge in [0.1, 0.15) is 5.72 Å². The van der Waals surface area contributed by atoms with Crippen LogP contribution < -0.4 is 5.32 Å². The van der Waals surface area contributed by atoms with Gasteiger partial charge >= 0.3 is 0 Å². The van der Waals surface area contributed by atoms with Crippen LogP contribution in [0.2, 0.25) is 0 Å². The van der Waals surface area contributed by atoms with Crippen LogP contribution in [-0.4, -0.2) is 29.1 Å². The molecule has 1 rings (SSSR count). The Labute approximate surface area is 182 Å². The maximum atomic E-state index is 10.4. The van der Waals surface area contributed by atoms with Gasteiger partial charge in [-0.25, -0.2) is 0 Å². The molecular weight excluding hydrogens is 358 g/mol. The minimum absolute atomic E-state index is 0.365. The standard InChI is InChI=1S/C26H53NO2/c28-25-21-16-14-12-10-8-6-4-2-1-3-5-7-9-11-13-15-20-24-27-26(29)22-18-17-19-23-26/h27-29H,1-25H2. The van der Waals surface area contributed by atoms with Crippen molar-refractivity contribution < 1.29 is 10.2 Å². The molecule has 29 heavy (non-hydrogen) atoms. The van der Waals surface area contributed by atoms with Gasteiger partial charge in [-0.2, -0.15) is 0 Å². The highest BCUT2D eigenvalue weighted by atomic mass is 16.3. The minimum Gasteiger partial charge on any atom is -0.396 e. The molecule has 0 amide bonds. The van der Waals surface area contributed by atoms with Gasteiger partial charge in [0, 0.05) is 6.61 Å². The van der Waals surface area contributed by atoms with Gasteiger partial charge in [-0.3, -0.25) is 5.32 Å². The Balaban J connectivity index is 1.68. The molecule has 0 unspecified atom stereocenters. The average Bonchev–Trinajstić information content (AvgIpc) is 2.73. The van der Waals surface area contributed by atoms with E-state index in [9.17, 15) is 5.11 Å². The predicted octanol–water partition coefficient (Wildman–Crippen LogP) is 7.24. The molecule has 0 spiro atoms. The normalized spacial score (nSPS) is 16.3. The largest absolute Gasteiger partial charge is 0.396 e. The molecule has 1 saturated carbocycles. The first-order valence-corrected chi connectivity index (χ1v) is 13.4. The third-order valence-electron chi connectivity index (χ3n) is 6.72. The van der Waals surface area contributed by atoms with Gasteiger partial charge in [-0.15, -0.1) is 0 Å². The number of rotatable bonds is 21. The van der Waals surface area contributed by atoms with Crippen molar-refractivity contribution in [2.24, 2.45) is 0 Å². The van der Waals surface area contributed by atoms with Gasteiger partial charge in [-0.1, -0.05) is 109 Å². The number of aliphatic hydroxyl groups excluding tert-OH is 1. The van der Waals surface area contributed by atoms with Gasteiger partial charge < -0.3 is 10.2 Å². The summed E-state index contributed by atoms with van der Waals surface area (Å²) in [6.45, 7) is 1.35. The molecule has 3 nitrogen and oxygen atoms in total. The molecule has 0 aromatic heterocycles. The summed E-state index contributed by atoms with van der Waals surface area (Å²) in [4.78, 5) is 0. The fourth-order valence-electron chi connectivity index (χ4n) is 4.70. The average molecular weight is 412 g/mol. The van der Waals surface area contributed by atoms with Crippen molar-refractivity contribution in [1.82, 2.24) is 5.32 Å². The quantitative estimate of drug-likeness (QED) is 0.138. The molecule has 0 heterocycles. The molecule has 1 aliphatic rings.